The summed E-state index contributed by atoms with van der Waals surface area (Å²) in [6.45, 7) is 4.76. The summed E-state index contributed by atoms with van der Waals surface area (Å²) in [6, 6.07) is 2.95. The van der Waals surface area contributed by atoms with Crippen molar-refractivity contribution in [3.63, 3.8) is 0 Å². The number of pyridine rings is 1. The highest BCUT2D eigenvalue weighted by Crippen LogP contribution is 2.17. The lowest BCUT2D eigenvalue weighted by molar-refractivity contribution is -0.154. The van der Waals surface area contributed by atoms with E-state index >= 15 is 0 Å². The summed E-state index contributed by atoms with van der Waals surface area (Å²) < 4.78 is 40.4. The second-order valence-corrected chi connectivity index (χ2v) is 5.49. The van der Waals surface area contributed by atoms with E-state index in [0.717, 1.165) is 0 Å². The van der Waals surface area contributed by atoms with E-state index < -0.39 is 12.8 Å². The van der Waals surface area contributed by atoms with Crippen molar-refractivity contribution in [1.29, 1.82) is 0 Å². The average molecular weight is 304 g/mol. The fourth-order valence-corrected chi connectivity index (χ4v) is 1.35. The zero-order valence-corrected chi connectivity index (χ0v) is 12.2. The minimum absolute atomic E-state index is 0.0826. The first-order valence-electron chi connectivity index (χ1n) is 6.28. The molecule has 1 heterocycles. The van der Waals surface area contributed by atoms with Crippen molar-refractivity contribution in [3.8, 4) is 5.88 Å². The van der Waals surface area contributed by atoms with Crippen LogP contribution in [-0.4, -0.2) is 29.3 Å². The van der Waals surface area contributed by atoms with Gasteiger partial charge in [0.2, 0.25) is 5.88 Å². The van der Waals surface area contributed by atoms with Crippen LogP contribution in [0.5, 0.6) is 5.88 Å². The fraction of sp³-hybridized carbons (Fsp3) is 0.538. The van der Waals surface area contributed by atoms with Gasteiger partial charge in [-0.3, -0.25) is 0 Å². The molecule has 0 aliphatic heterocycles. The van der Waals surface area contributed by atoms with Crippen molar-refractivity contribution >= 4 is 5.96 Å². The van der Waals surface area contributed by atoms with E-state index in [1.54, 1.807) is 6.07 Å². The molecule has 0 radical (unpaired) electrons. The van der Waals surface area contributed by atoms with Crippen molar-refractivity contribution in [2.75, 3.05) is 6.61 Å². The Bertz CT molecular complexity index is 478. The molecule has 0 saturated carbocycles. The second kappa shape index (κ2) is 6.64. The van der Waals surface area contributed by atoms with E-state index in [2.05, 4.69) is 20.0 Å². The van der Waals surface area contributed by atoms with Gasteiger partial charge in [0.05, 0.1) is 6.54 Å². The van der Waals surface area contributed by atoms with E-state index in [-0.39, 0.29) is 18.0 Å². The molecule has 21 heavy (non-hydrogen) atoms. The van der Waals surface area contributed by atoms with E-state index in [1.807, 2.05) is 20.8 Å². The Morgan fingerprint density at radius 2 is 2.00 bits per heavy atom. The molecule has 1 rings (SSSR count). The minimum atomic E-state index is -4.38. The van der Waals surface area contributed by atoms with Gasteiger partial charge in [-0.25, -0.2) is 9.98 Å². The molecule has 0 aromatic carbocycles. The Balaban J connectivity index is 2.53. The van der Waals surface area contributed by atoms with Crippen LogP contribution in [0.4, 0.5) is 13.2 Å². The summed E-state index contributed by atoms with van der Waals surface area (Å²) in [4.78, 5) is 7.90. The Kier molecular flexibility index (Phi) is 5.40. The molecule has 5 nitrogen and oxygen atoms in total. The van der Waals surface area contributed by atoms with E-state index in [4.69, 9.17) is 5.73 Å². The quantitative estimate of drug-likeness (QED) is 0.661. The van der Waals surface area contributed by atoms with Gasteiger partial charge in [0.25, 0.3) is 0 Å². The van der Waals surface area contributed by atoms with Gasteiger partial charge < -0.3 is 15.8 Å². The lowest BCUT2D eigenvalue weighted by Gasteiger charge is -2.20. The molecule has 1 aromatic heterocycles. The number of halogens is 3. The molecule has 0 unspecified atom stereocenters. The van der Waals surface area contributed by atoms with Gasteiger partial charge in [0.1, 0.15) is 0 Å². The van der Waals surface area contributed by atoms with Crippen LogP contribution in [0, 0.1) is 0 Å². The Labute approximate surface area is 121 Å². The molecule has 0 saturated heterocycles. The van der Waals surface area contributed by atoms with Crippen molar-refractivity contribution in [1.82, 2.24) is 10.3 Å². The molecule has 0 aliphatic rings. The maximum absolute atomic E-state index is 12.0. The number of rotatable bonds is 4. The smallest absolute Gasteiger partial charge is 0.422 e. The van der Waals surface area contributed by atoms with Gasteiger partial charge in [0.15, 0.2) is 12.6 Å². The minimum Gasteiger partial charge on any atom is -0.468 e. The summed E-state index contributed by atoms with van der Waals surface area (Å²) in [5.41, 5.74) is 6.22. The number of aromatic nitrogens is 1. The molecule has 0 bridgehead atoms. The Morgan fingerprint density at radius 3 is 2.48 bits per heavy atom. The van der Waals surface area contributed by atoms with Crippen LogP contribution in [-0.2, 0) is 6.54 Å². The zero-order valence-electron chi connectivity index (χ0n) is 12.2. The highest BCUT2D eigenvalue weighted by Gasteiger charge is 2.28. The topological polar surface area (TPSA) is 72.5 Å². The van der Waals surface area contributed by atoms with Gasteiger partial charge >= 0.3 is 6.18 Å². The predicted molar refractivity (Wildman–Crippen MR) is 74.0 cm³/mol. The number of nitrogens with zero attached hydrogens (tertiary/aromatic N) is 2. The molecule has 0 amide bonds. The van der Waals surface area contributed by atoms with Gasteiger partial charge in [-0.05, 0) is 26.3 Å². The van der Waals surface area contributed by atoms with Gasteiger partial charge in [-0.2, -0.15) is 13.2 Å². The summed E-state index contributed by atoms with van der Waals surface area (Å²) in [7, 11) is 0. The van der Waals surface area contributed by atoms with Crippen molar-refractivity contribution in [2.45, 2.75) is 39.0 Å². The normalized spacial score (nSPS) is 13.1. The van der Waals surface area contributed by atoms with Gasteiger partial charge in [0, 0.05) is 17.8 Å². The third-order valence-corrected chi connectivity index (χ3v) is 2.12. The molecule has 8 heteroatoms. The molecule has 0 spiro atoms. The first kappa shape index (κ1) is 17.1. The molecule has 0 aliphatic carbocycles. The number of guanidine groups is 1. The summed E-state index contributed by atoms with van der Waals surface area (Å²) >= 11 is 0. The highest BCUT2D eigenvalue weighted by atomic mass is 19.4. The number of alkyl halides is 3. The molecule has 118 valence electrons. The lowest BCUT2D eigenvalue weighted by Crippen LogP contribution is -2.44. The van der Waals surface area contributed by atoms with E-state index in [0.29, 0.717) is 11.5 Å². The largest absolute Gasteiger partial charge is 0.468 e. The maximum atomic E-state index is 12.0. The van der Waals surface area contributed by atoms with Crippen LogP contribution in [0.1, 0.15) is 26.3 Å². The molecule has 0 fully saturated rings. The van der Waals surface area contributed by atoms with Crippen molar-refractivity contribution in [3.05, 3.63) is 23.9 Å². The lowest BCUT2D eigenvalue weighted by atomic mass is 10.1. The summed E-state index contributed by atoms with van der Waals surface area (Å²) in [5, 5.41) is 3.00. The maximum Gasteiger partial charge on any atom is 0.422 e. The van der Waals surface area contributed by atoms with Crippen LogP contribution in [0.15, 0.2) is 23.3 Å². The highest BCUT2D eigenvalue weighted by molar-refractivity contribution is 5.78. The monoisotopic (exact) mass is 304 g/mol. The molecular formula is C13H19F3N4O. The number of aliphatic imine (C=N–C) groups is 1. The standard InChI is InChI=1S/C13H19F3N4O/c1-12(2,3)20-11(17)19-7-9-4-5-10(18-6-9)21-8-13(14,15)16/h4-6H,7-8H2,1-3H3,(H3,17,19,20). The van der Waals surface area contributed by atoms with Gasteiger partial charge in [-0.1, -0.05) is 6.07 Å². The number of hydrogen-bond donors (Lipinski definition) is 2. The third kappa shape index (κ3) is 8.01. The van der Waals surface area contributed by atoms with E-state index in [1.165, 1.54) is 12.3 Å². The molecule has 3 N–H and O–H groups in total. The van der Waals surface area contributed by atoms with Crippen LogP contribution >= 0.6 is 0 Å². The van der Waals surface area contributed by atoms with E-state index in [9.17, 15) is 13.2 Å². The number of hydrogen-bond acceptors (Lipinski definition) is 3. The number of ether oxygens (including phenoxy) is 1. The average Bonchev–Trinajstić information content (AvgIpc) is 2.32. The van der Waals surface area contributed by atoms with Crippen LogP contribution in [0.25, 0.3) is 0 Å². The second-order valence-electron chi connectivity index (χ2n) is 5.49. The van der Waals surface area contributed by atoms with Gasteiger partial charge in [-0.15, -0.1) is 0 Å². The number of nitrogens with two attached hydrogens (primary N) is 1. The molecular weight excluding hydrogens is 285 g/mol. The van der Waals surface area contributed by atoms with Crippen LogP contribution in [0.3, 0.4) is 0 Å². The molecule has 1 aromatic rings. The van der Waals surface area contributed by atoms with Crippen molar-refractivity contribution in [2.24, 2.45) is 10.7 Å². The first-order valence-corrected chi connectivity index (χ1v) is 6.28. The summed E-state index contributed by atoms with van der Waals surface area (Å²) in [5.74, 6) is 0.209. The molecule has 0 atom stereocenters. The first-order chi connectivity index (χ1) is 9.55. The van der Waals surface area contributed by atoms with Crippen molar-refractivity contribution < 1.29 is 17.9 Å². The summed E-state index contributed by atoms with van der Waals surface area (Å²) in [6.07, 6.45) is -2.97. The fourth-order valence-electron chi connectivity index (χ4n) is 1.35. The Morgan fingerprint density at radius 1 is 1.33 bits per heavy atom. The SMILES string of the molecule is CC(C)(C)NC(N)=NCc1ccc(OCC(F)(F)F)nc1. The van der Waals surface area contributed by atoms with Crippen LogP contribution in [0.2, 0.25) is 0 Å². The number of nitrogens with one attached hydrogen (secondary N) is 1. The Hall–Kier alpha value is -1.99. The zero-order chi connectivity index (χ0) is 16.1. The van der Waals surface area contributed by atoms with Crippen LogP contribution < -0.4 is 15.8 Å². The third-order valence-electron chi connectivity index (χ3n) is 2.12. The predicted octanol–water partition coefficient (Wildman–Crippen LogP) is 2.23.